The molecule has 9 nitrogen and oxygen atoms in total. The number of hydrogen-bond acceptors (Lipinski definition) is 6. The van der Waals surface area contributed by atoms with E-state index in [9.17, 15) is 15.4 Å². The van der Waals surface area contributed by atoms with Gasteiger partial charge in [-0.15, -0.1) is 0 Å². The monoisotopic (exact) mass is 375 g/mol. The molecule has 0 N–H and O–H groups in total. The molecule has 0 atom stereocenters. The zero-order valence-corrected chi connectivity index (χ0v) is 14.0. The van der Waals surface area contributed by atoms with Crippen LogP contribution in [0.25, 0.3) is 11.5 Å². The summed E-state index contributed by atoms with van der Waals surface area (Å²) in [5.74, 6) is 0.0551. The summed E-state index contributed by atoms with van der Waals surface area (Å²) in [7, 11) is 2.98. The third-order valence-electron chi connectivity index (χ3n) is 2.82. The van der Waals surface area contributed by atoms with Crippen LogP contribution in [0, 0.1) is 21.4 Å². The Morgan fingerprint density at radius 2 is 2.13 bits per heavy atom. The second-order valence-corrected chi connectivity index (χ2v) is 6.71. The normalized spacial score (nSPS) is 11.8. The number of nitro groups is 1. The molecule has 0 aromatic carbocycles. The number of nitriles is 1. The van der Waals surface area contributed by atoms with Crippen LogP contribution < -0.4 is 0 Å². The van der Waals surface area contributed by atoms with E-state index in [0.717, 1.165) is 12.4 Å². The lowest BCUT2D eigenvalue weighted by Crippen LogP contribution is -2.03. The number of hydrogen-bond donors (Lipinski definition) is 0. The maximum Gasteiger partial charge on any atom is 0.342 e. The van der Waals surface area contributed by atoms with E-state index in [0.29, 0.717) is 0 Å². The molecule has 0 unspecified atom stereocenters. The smallest absolute Gasteiger partial charge is 0.342 e. The predicted octanol–water partition coefficient (Wildman–Crippen LogP) is 2.67. The van der Waals surface area contributed by atoms with Gasteiger partial charge < -0.3 is 10.1 Å². The fourth-order valence-corrected chi connectivity index (χ4v) is 1.99. The van der Waals surface area contributed by atoms with Crippen LogP contribution in [0.5, 0.6) is 0 Å². The standard InChI is InChI=1S/C11H8Cl3N7O2/c1-19-7(21(22)23)4-16-10(19)8-6(3-15)9(20(2)18-8)17-5-11(12,13)14/h4-5H,1-2H3/b17-5+. The van der Waals surface area contributed by atoms with Crippen molar-refractivity contribution in [2.45, 2.75) is 3.79 Å². The van der Waals surface area contributed by atoms with Gasteiger partial charge in [0.1, 0.15) is 17.8 Å². The van der Waals surface area contributed by atoms with E-state index in [1.807, 2.05) is 6.07 Å². The van der Waals surface area contributed by atoms with Crippen molar-refractivity contribution in [1.29, 1.82) is 5.26 Å². The van der Waals surface area contributed by atoms with Crippen LogP contribution in [0.2, 0.25) is 0 Å². The van der Waals surface area contributed by atoms with Crippen LogP contribution in [0.15, 0.2) is 11.2 Å². The van der Waals surface area contributed by atoms with E-state index in [2.05, 4.69) is 15.1 Å². The Balaban J connectivity index is 2.61. The highest BCUT2D eigenvalue weighted by Crippen LogP contribution is 2.31. The van der Waals surface area contributed by atoms with E-state index in [4.69, 9.17) is 34.8 Å². The first-order chi connectivity index (χ1) is 10.7. The minimum absolute atomic E-state index is 0.0570. The molecule has 2 aromatic rings. The van der Waals surface area contributed by atoms with Crippen LogP contribution in [-0.2, 0) is 14.1 Å². The van der Waals surface area contributed by atoms with Gasteiger partial charge in [0.25, 0.3) is 5.82 Å². The number of rotatable bonds is 3. The molecule has 2 aromatic heterocycles. The Kier molecular flexibility index (Phi) is 4.61. The summed E-state index contributed by atoms with van der Waals surface area (Å²) in [5.41, 5.74) is 0.198. The van der Waals surface area contributed by atoms with E-state index >= 15 is 0 Å². The first-order valence-corrected chi connectivity index (χ1v) is 7.04. The molecule has 0 aliphatic rings. The number of aliphatic imine (C=N–C) groups is 1. The molecule has 2 heterocycles. The summed E-state index contributed by atoms with van der Waals surface area (Å²) in [5, 5.41) is 24.4. The minimum atomic E-state index is -1.74. The molecule has 0 fully saturated rings. The van der Waals surface area contributed by atoms with Crippen LogP contribution >= 0.6 is 34.8 Å². The van der Waals surface area contributed by atoms with Crippen LogP contribution in [0.1, 0.15) is 5.56 Å². The molecule has 0 aliphatic heterocycles. The SMILES string of the molecule is Cn1nc(-c2ncc([N+](=O)[O-])n2C)c(C#N)c1/N=C/C(Cl)(Cl)Cl. The molecule has 120 valence electrons. The van der Waals surface area contributed by atoms with Crippen LogP contribution in [0.3, 0.4) is 0 Å². The summed E-state index contributed by atoms with van der Waals surface area (Å²) in [6, 6.07) is 1.94. The molecule has 0 saturated carbocycles. The van der Waals surface area contributed by atoms with E-state index in [-0.39, 0.29) is 28.7 Å². The molecular weight excluding hydrogens is 369 g/mol. The molecule has 12 heteroatoms. The van der Waals surface area contributed by atoms with Crippen molar-refractivity contribution in [3.8, 4) is 17.6 Å². The van der Waals surface area contributed by atoms with Crippen LogP contribution in [-0.4, -0.2) is 34.3 Å². The molecule has 0 aliphatic carbocycles. The van der Waals surface area contributed by atoms with Gasteiger partial charge in [-0.2, -0.15) is 10.4 Å². The topological polar surface area (TPSA) is 115 Å². The highest BCUT2D eigenvalue weighted by molar-refractivity contribution is 6.74. The molecule has 0 amide bonds. The summed E-state index contributed by atoms with van der Waals surface area (Å²) >= 11 is 16.8. The first-order valence-electron chi connectivity index (χ1n) is 5.91. The number of alkyl halides is 3. The van der Waals surface area contributed by atoms with E-state index in [1.54, 1.807) is 0 Å². The minimum Gasteiger partial charge on any atom is -0.358 e. The summed E-state index contributed by atoms with van der Waals surface area (Å²) in [4.78, 5) is 18.2. The van der Waals surface area contributed by atoms with Crippen molar-refractivity contribution in [1.82, 2.24) is 19.3 Å². The lowest BCUT2D eigenvalue weighted by Gasteiger charge is -2.01. The molecule has 0 saturated heterocycles. The summed E-state index contributed by atoms with van der Waals surface area (Å²) in [6.07, 6.45) is 2.11. The number of aryl methyl sites for hydroxylation is 1. The second-order valence-electron chi connectivity index (χ2n) is 4.34. The van der Waals surface area contributed by atoms with Gasteiger partial charge in [-0.25, -0.2) is 19.2 Å². The summed E-state index contributed by atoms with van der Waals surface area (Å²) in [6.45, 7) is 0. The van der Waals surface area contributed by atoms with Crippen molar-refractivity contribution >= 4 is 52.7 Å². The van der Waals surface area contributed by atoms with Crippen molar-refractivity contribution in [3.63, 3.8) is 0 Å². The lowest BCUT2D eigenvalue weighted by atomic mass is 10.2. The zero-order valence-electron chi connectivity index (χ0n) is 11.7. The Morgan fingerprint density at radius 1 is 1.48 bits per heavy atom. The van der Waals surface area contributed by atoms with E-state index < -0.39 is 8.72 Å². The first kappa shape index (κ1) is 17.2. The van der Waals surface area contributed by atoms with Crippen molar-refractivity contribution in [2.75, 3.05) is 0 Å². The lowest BCUT2D eigenvalue weighted by molar-refractivity contribution is -0.391. The van der Waals surface area contributed by atoms with Gasteiger partial charge in [-0.05, 0) is 4.92 Å². The van der Waals surface area contributed by atoms with Crippen molar-refractivity contribution < 1.29 is 4.92 Å². The summed E-state index contributed by atoms with van der Waals surface area (Å²) < 4.78 is 0.770. The van der Waals surface area contributed by atoms with Crippen LogP contribution in [0.4, 0.5) is 11.6 Å². The number of nitrogens with zero attached hydrogens (tertiary/aromatic N) is 7. The maximum atomic E-state index is 10.9. The van der Waals surface area contributed by atoms with Crippen molar-refractivity contribution in [2.24, 2.45) is 19.1 Å². The molecule has 2 rings (SSSR count). The number of imidazole rings is 1. The Labute approximate surface area is 144 Å². The maximum absolute atomic E-state index is 10.9. The fourth-order valence-electron chi connectivity index (χ4n) is 1.85. The van der Waals surface area contributed by atoms with E-state index in [1.165, 1.54) is 23.3 Å². The largest absolute Gasteiger partial charge is 0.358 e. The van der Waals surface area contributed by atoms with Gasteiger partial charge in [-0.1, -0.05) is 34.8 Å². The average Bonchev–Trinajstić information content (AvgIpc) is 2.95. The van der Waals surface area contributed by atoms with Gasteiger partial charge in [0, 0.05) is 7.05 Å². The highest BCUT2D eigenvalue weighted by atomic mass is 35.6. The van der Waals surface area contributed by atoms with Gasteiger partial charge in [0.15, 0.2) is 11.5 Å². The predicted molar refractivity (Wildman–Crippen MR) is 85.2 cm³/mol. The third-order valence-corrected chi connectivity index (χ3v) is 3.12. The molecular formula is C11H8Cl3N7O2. The van der Waals surface area contributed by atoms with Gasteiger partial charge in [-0.3, -0.25) is 0 Å². The molecule has 0 radical (unpaired) electrons. The molecule has 0 bridgehead atoms. The highest BCUT2D eigenvalue weighted by Gasteiger charge is 2.26. The second kappa shape index (κ2) is 6.16. The Morgan fingerprint density at radius 3 is 2.61 bits per heavy atom. The zero-order chi connectivity index (χ0) is 17.4. The Hall–Kier alpha value is -2.15. The fraction of sp³-hybridized carbons (Fsp3) is 0.273. The quantitative estimate of drug-likeness (QED) is 0.353. The van der Waals surface area contributed by atoms with Crippen molar-refractivity contribution in [3.05, 3.63) is 21.9 Å². The van der Waals surface area contributed by atoms with Gasteiger partial charge in [0.2, 0.25) is 3.79 Å². The third kappa shape index (κ3) is 3.44. The van der Waals surface area contributed by atoms with Gasteiger partial charge >= 0.3 is 5.82 Å². The van der Waals surface area contributed by atoms with Gasteiger partial charge in [0.05, 0.1) is 13.3 Å². The number of halogens is 3. The average molecular weight is 377 g/mol. The number of aromatic nitrogens is 4. The molecule has 0 spiro atoms. The molecule has 23 heavy (non-hydrogen) atoms. The Bertz CT molecular complexity index is 841.